The summed E-state index contributed by atoms with van der Waals surface area (Å²) < 4.78 is 0. The lowest BCUT2D eigenvalue weighted by molar-refractivity contribution is 1.97. The highest BCUT2D eigenvalue weighted by atomic mass is 35.5. The Morgan fingerprint density at radius 3 is 2.33 bits per heavy atom. The van der Waals surface area contributed by atoms with Crippen LogP contribution in [0.5, 0.6) is 0 Å². The van der Waals surface area contributed by atoms with Crippen molar-refractivity contribution in [1.82, 2.24) is 0 Å². The molecule has 0 spiro atoms. The van der Waals surface area contributed by atoms with Crippen LogP contribution in [0, 0.1) is 6.57 Å². The zero-order valence-corrected chi connectivity index (χ0v) is 4.29. The standard InChI is InChI=1S/C3HCl2N/c1-6-3(5)2-4/h2H. The summed E-state index contributed by atoms with van der Waals surface area (Å²) in [7, 11) is 0. The zero-order chi connectivity index (χ0) is 4.99. The van der Waals surface area contributed by atoms with Crippen molar-refractivity contribution in [3.63, 3.8) is 0 Å². The largest absolute Gasteiger partial charge is 0.263 e. The summed E-state index contributed by atoms with van der Waals surface area (Å²) in [6.07, 6.45) is 0. The topological polar surface area (TPSA) is 4.36 Å². The fraction of sp³-hybridized carbons (Fsp3) is 0. The van der Waals surface area contributed by atoms with Gasteiger partial charge in [-0.1, -0.05) is 0 Å². The zero-order valence-electron chi connectivity index (χ0n) is 2.78. The third-order valence-electron chi connectivity index (χ3n) is 0.197. The van der Waals surface area contributed by atoms with E-state index in [4.69, 9.17) is 29.8 Å². The normalized spacial score (nSPS) is 10.5. The Kier molecular flexibility index (Phi) is 2.92. The Labute approximate surface area is 46.0 Å². The van der Waals surface area contributed by atoms with Crippen molar-refractivity contribution in [2.24, 2.45) is 0 Å². The molecule has 0 amide bonds. The van der Waals surface area contributed by atoms with Crippen molar-refractivity contribution in [2.75, 3.05) is 0 Å². The van der Waals surface area contributed by atoms with Crippen LogP contribution in [0.4, 0.5) is 0 Å². The smallest absolute Gasteiger partial charge is 0.224 e. The fourth-order valence-electron chi connectivity index (χ4n) is 0.0244. The van der Waals surface area contributed by atoms with Gasteiger partial charge in [0.1, 0.15) is 0 Å². The molecule has 0 fully saturated rings. The predicted octanol–water partition coefficient (Wildman–Crippen LogP) is 2.18. The number of nitrogens with zero attached hydrogens (tertiary/aromatic N) is 1. The lowest BCUT2D eigenvalue weighted by Gasteiger charge is -1.66. The van der Waals surface area contributed by atoms with Crippen LogP contribution in [-0.4, -0.2) is 0 Å². The summed E-state index contributed by atoms with van der Waals surface area (Å²) in [5, 5.41) is -0.00309. The maximum atomic E-state index is 6.15. The fourth-order valence-corrected chi connectivity index (χ4v) is 0.0732. The summed E-state index contributed by atoms with van der Waals surface area (Å²) in [5.41, 5.74) is 1.02. The molecule has 0 aromatic carbocycles. The third-order valence-corrected chi connectivity index (χ3v) is 0.709. The van der Waals surface area contributed by atoms with Crippen LogP contribution in [0.15, 0.2) is 10.7 Å². The van der Waals surface area contributed by atoms with E-state index in [-0.39, 0.29) is 5.16 Å². The highest BCUT2D eigenvalue weighted by Gasteiger charge is 1.77. The Morgan fingerprint density at radius 2 is 2.33 bits per heavy atom. The van der Waals surface area contributed by atoms with Crippen LogP contribution < -0.4 is 0 Å². The molecule has 3 heteroatoms. The van der Waals surface area contributed by atoms with Gasteiger partial charge in [0.15, 0.2) is 0 Å². The predicted molar refractivity (Wildman–Crippen MR) is 26.4 cm³/mol. The first-order chi connectivity index (χ1) is 2.81. The number of hydrogen-bond donors (Lipinski definition) is 0. The van der Waals surface area contributed by atoms with Crippen LogP contribution in [0.1, 0.15) is 0 Å². The molecule has 0 aromatic heterocycles. The highest BCUT2D eigenvalue weighted by Crippen LogP contribution is 2.01. The number of halogens is 2. The Bertz CT molecular complexity index is 99.9. The molecule has 0 rings (SSSR count). The average Bonchev–Trinajstić information content (AvgIpc) is 1.65. The maximum absolute atomic E-state index is 6.15. The molecule has 6 heavy (non-hydrogen) atoms. The molecule has 0 radical (unpaired) electrons. The molecule has 0 heterocycles. The summed E-state index contributed by atoms with van der Waals surface area (Å²) >= 11 is 9.97. The van der Waals surface area contributed by atoms with E-state index >= 15 is 0 Å². The second-order valence-electron chi connectivity index (χ2n) is 0.544. The van der Waals surface area contributed by atoms with Crippen LogP contribution in [0.3, 0.4) is 0 Å². The van der Waals surface area contributed by atoms with Gasteiger partial charge in [0.05, 0.1) is 6.57 Å². The minimum absolute atomic E-state index is 0.00309. The molecular formula is C3HCl2N. The van der Waals surface area contributed by atoms with Crippen molar-refractivity contribution in [2.45, 2.75) is 0 Å². The molecule has 1 nitrogen and oxygen atoms in total. The van der Waals surface area contributed by atoms with Gasteiger partial charge in [-0.05, 0) is 0 Å². The molecule has 0 unspecified atom stereocenters. The van der Waals surface area contributed by atoms with E-state index in [0.717, 1.165) is 5.54 Å². The first-order valence-electron chi connectivity index (χ1n) is 1.14. The van der Waals surface area contributed by atoms with Crippen LogP contribution >= 0.6 is 23.2 Å². The molecule has 0 aliphatic rings. The van der Waals surface area contributed by atoms with Crippen LogP contribution in [-0.2, 0) is 0 Å². The van der Waals surface area contributed by atoms with E-state index in [9.17, 15) is 0 Å². The molecule has 0 bridgehead atoms. The Balaban J connectivity index is 3.61. The molecule has 0 atom stereocenters. The average molecular weight is 122 g/mol. The minimum atomic E-state index is -0.00309. The van der Waals surface area contributed by atoms with Crippen LogP contribution in [0.2, 0.25) is 0 Å². The van der Waals surface area contributed by atoms with Crippen molar-refractivity contribution in [3.8, 4) is 0 Å². The SMILES string of the molecule is [C-]#[N+]C(Cl)=CCl. The molecular weight excluding hydrogens is 121 g/mol. The van der Waals surface area contributed by atoms with Gasteiger partial charge in [-0.2, -0.15) is 0 Å². The molecule has 0 aliphatic carbocycles. The number of hydrogen-bond acceptors (Lipinski definition) is 0. The van der Waals surface area contributed by atoms with Gasteiger partial charge in [0.2, 0.25) is 0 Å². The Hall–Kier alpha value is -0.190. The van der Waals surface area contributed by atoms with E-state index in [2.05, 4.69) is 4.85 Å². The maximum Gasteiger partial charge on any atom is 0.263 e. The van der Waals surface area contributed by atoms with Gasteiger partial charge in [-0.3, -0.25) is 0 Å². The van der Waals surface area contributed by atoms with Gasteiger partial charge in [-0.25, -0.2) is 4.85 Å². The summed E-state index contributed by atoms with van der Waals surface area (Å²) in [6, 6.07) is 0. The van der Waals surface area contributed by atoms with Gasteiger partial charge in [-0.15, -0.1) is 23.2 Å². The molecule has 0 aliphatic heterocycles. The molecule has 0 saturated heterocycles. The molecule has 0 saturated carbocycles. The molecule has 0 N–H and O–H groups in total. The molecule has 0 aromatic rings. The first kappa shape index (κ1) is 5.81. The van der Waals surface area contributed by atoms with Gasteiger partial charge in [0.25, 0.3) is 5.16 Å². The second-order valence-corrected chi connectivity index (χ2v) is 1.15. The first-order valence-corrected chi connectivity index (χ1v) is 1.96. The number of rotatable bonds is 0. The second kappa shape index (κ2) is 3.02. The summed E-state index contributed by atoms with van der Waals surface area (Å²) in [5.74, 6) is 0. The van der Waals surface area contributed by atoms with E-state index < -0.39 is 0 Å². The summed E-state index contributed by atoms with van der Waals surface area (Å²) in [4.78, 5) is 2.75. The van der Waals surface area contributed by atoms with Gasteiger partial charge in [0, 0.05) is 5.54 Å². The van der Waals surface area contributed by atoms with Crippen molar-refractivity contribution < 1.29 is 0 Å². The lowest BCUT2D eigenvalue weighted by atomic mass is 11.0. The van der Waals surface area contributed by atoms with Crippen molar-refractivity contribution >= 4 is 23.2 Å². The Morgan fingerprint density at radius 1 is 1.83 bits per heavy atom. The summed E-state index contributed by atoms with van der Waals surface area (Å²) in [6.45, 7) is 6.15. The lowest BCUT2D eigenvalue weighted by Crippen LogP contribution is -1.43. The highest BCUT2D eigenvalue weighted by molar-refractivity contribution is 6.37. The van der Waals surface area contributed by atoms with E-state index in [1.807, 2.05) is 0 Å². The van der Waals surface area contributed by atoms with Crippen molar-refractivity contribution in [3.05, 3.63) is 22.1 Å². The van der Waals surface area contributed by atoms with Gasteiger partial charge >= 0.3 is 0 Å². The third kappa shape index (κ3) is 2.07. The van der Waals surface area contributed by atoms with Crippen LogP contribution in [0.25, 0.3) is 4.85 Å². The van der Waals surface area contributed by atoms with E-state index in [0.29, 0.717) is 0 Å². The van der Waals surface area contributed by atoms with Gasteiger partial charge < -0.3 is 0 Å². The van der Waals surface area contributed by atoms with E-state index in [1.54, 1.807) is 0 Å². The monoisotopic (exact) mass is 121 g/mol. The van der Waals surface area contributed by atoms with E-state index in [1.165, 1.54) is 0 Å². The quantitative estimate of drug-likeness (QED) is 0.342. The van der Waals surface area contributed by atoms with Crippen molar-refractivity contribution in [1.29, 1.82) is 0 Å². The molecule has 32 valence electrons. The minimum Gasteiger partial charge on any atom is -0.224 e.